The van der Waals surface area contributed by atoms with Gasteiger partial charge in [-0.25, -0.2) is 0 Å². The molecule has 1 amide bonds. The van der Waals surface area contributed by atoms with E-state index in [-0.39, 0.29) is 5.91 Å². The molecule has 0 saturated carbocycles. The minimum atomic E-state index is -0.237. The number of nitrogens with one attached hydrogen (secondary N) is 3. The minimum absolute atomic E-state index is 0.237. The van der Waals surface area contributed by atoms with E-state index in [2.05, 4.69) is 20.9 Å². The van der Waals surface area contributed by atoms with E-state index in [9.17, 15) is 4.79 Å². The maximum atomic E-state index is 11.7. The number of nitrogens with zero attached hydrogens (tertiary/aromatic N) is 1. The predicted molar refractivity (Wildman–Crippen MR) is 92.2 cm³/mol. The van der Waals surface area contributed by atoms with Crippen LogP contribution in [0.4, 0.5) is 0 Å². The van der Waals surface area contributed by atoms with E-state index >= 15 is 0 Å². The molecule has 0 radical (unpaired) electrons. The maximum absolute atomic E-state index is 11.7. The zero-order valence-electron chi connectivity index (χ0n) is 13.8. The summed E-state index contributed by atoms with van der Waals surface area (Å²) in [5.74, 6) is 1.53. The third-order valence-corrected chi connectivity index (χ3v) is 3.31. The number of furan rings is 1. The monoisotopic (exact) mass is 330 g/mol. The van der Waals surface area contributed by atoms with E-state index in [0.717, 1.165) is 11.3 Å². The SMILES string of the molecule is CN=C(NCCNC(=O)c1ccco1)NCc1ccccc1OC. The number of amides is 1. The molecule has 1 heterocycles. The number of methoxy groups -OCH3 is 1. The van der Waals surface area contributed by atoms with Crippen molar-refractivity contribution in [2.75, 3.05) is 27.2 Å². The number of benzene rings is 1. The molecule has 2 aromatic rings. The fourth-order valence-corrected chi connectivity index (χ4v) is 2.10. The van der Waals surface area contributed by atoms with Crippen LogP contribution in [-0.4, -0.2) is 39.1 Å². The van der Waals surface area contributed by atoms with Crippen molar-refractivity contribution in [1.82, 2.24) is 16.0 Å². The largest absolute Gasteiger partial charge is 0.496 e. The highest BCUT2D eigenvalue weighted by atomic mass is 16.5. The summed E-state index contributed by atoms with van der Waals surface area (Å²) in [4.78, 5) is 15.9. The van der Waals surface area contributed by atoms with E-state index in [1.165, 1.54) is 6.26 Å². The third kappa shape index (κ3) is 5.05. The minimum Gasteiger partial charge on any atom is -0.496 e. The van der Waals surface area contributed by atoms with Crippen LogP contribution in [0.5, 0.6) is 5.75 Å². The van der Waals surface area contributed by atoms with Crippen LogP contribution in [0.1, 0.15) is 16.1 Å². The van der Waals surface area contributed by atoms with Gasteiger partial charge in [-0.15, -0.1) is 0 Å². The van der Waals surface area contributed by atoms with Crippen molar-refractivity contribution >= 4 is 11.9 Å². The van der Waals surface area contributed by atoms with Gasteiger partial charge in [-0.05, 0) is 18.2 Å². The summed E-state index contributed by atoms with van der Waals surface area (Å²) in [6.45, 7) is 1.58. The van der Waals surface area contributed by atoms with Crippen molar-refractivity contribution in [3.63, 3.8) is 0 Å². The first-order valence-electron chi connectivity index (χ1n) is 7.62. The quantitative estimate of drug-likeness (QED) is 0.406. The first kappa shape index (κ1) is 17.4. The van der Waals surface area contributed by atoms with Crippen LogP contribution in [0.25, 0.3) is 0 Å². The lowest BCUT2D eigenvalue weighted by Crippen LogP contribution is -2.41. The number of ether oxygens (including phenoxy) is 1. The Hall–Kier alpha value is -2.96. The molecular weight excluding hydrogens is 308 g/mol. The van der Waals surface area contributed by atoms with E-state index < -0.39 is 0 Å². The van der Waals surface area contributed by atoms with E-state index in [0.29, 0.717) is 31.4 Å². The van der Waals surface area contributed by atoms with Crippen molar-refractivity contribution in [3.8, 4) is 5.75 Å². The molecule has 7 heteroatoms. The van der Waals surface area contributed by atoms with Crippen LogP contribution in [0.15, 0.2) is 52.1 Å². The highest BCUT2D eigenvalue weighted by molar-refractivity contribution is 5.91. The van der Waals surface area contributed by atoms with Gasteiger partial charge in [0.05, 0.1) is 13.4 Å². The number of hydrogen-bond acceptors (Lipinski definition) is 4. The molecule has 1 aromatic heterocycles. The van der Waals surface area contributed by atoms with Gasteiger partial charge in [0, 0.05) is 32.2 Å². The molecule has 0 saturated heterocycles. The van der Waals surface area contributed by atoms with Crippen molar-refractivity contribution in [1.29, 1.82) is 0 Å². The molecule has 0 aliphatic carbocycles. The normalized spacial score (nSPS) is 11.0. The first-order valence-corrected chi connectivity index (χ1v) is 7.62. The summed E-state index contributed by atoms with van der Waals surface area (Å²) in [5, 5.41) is 9.09. The van der Waals surface area contributed by atoms with E-state index in [1.54, 1.807) is 26.3 Å². The molecule has 0 unspecified atom stereocenters. The maximum Gasteiger partial charge on any atom is 0.287 e. The Morgan fingerprint density at radius 2 is 1.92 bits per heavy atom. The predicted octanol–water partition coefficient (Wildman–Crippen LogP) is 1.38. The third-order valence-electron chi connectivity index (χ3n) is 3.31. The second kappa shape index (κ2) is 9.24. The fourth-order valence-electron chi connectivity index (χ4n) is 2.10. The van der Waals surface area contributed by atoms with Gasteiger partial charge in [0.15, 0.2) is 11.7 Å². The number of aliphatic imine (C=N–C) groups is 1. The van der Waals surface area contributed by atoms with E-state index in [1.807, 2.05) is 24.3 Å². The topological polar surface area (TPSA) is 87.9 Å². The molecule has 3 N–H and O–H groups in total. The molecule has 0 bridgehead atoms. The average Bonchev–Trinajstić information content (AvgIpc) is 3.16. The molecule has 2 rings (SSSR count). The summed E-state index contributed by atoms with van der Waals surface area (Å²) in [6.07, 6.45) is 1.47. The first-order chi connectivity index (χ1) is 11.7. The van der Waals surface area contributed by atoms with Crippen LogP contribution >= 0.6 is 0 Å². The number of hydrogen-bond donors (Lipinski definition) is 3. The summed E-state index contributed by atoms with van der Waals surface area (Å²) in [5.41, 5.74) is 1.04. The Labute approximate surface area is 141 Å². The number of guanidine groups is 1. The number of rotatable bonds is 7. The zero-order chi connectivity index (χ0) is 17.2. The molecule has 7 nitrogen and oxygen atoms in total. The fraction of sp³-hybridized carbons (Fsp3) is 0.294. The van der Waals surface area contributed by atoms with Gasteiger partial charge in [-0.1, -0.05) is 18.2 Å². The second-order valence-corrected chi connectivity index (χ2v) is 4.90. The lowest BCUT2D eigenvalue weighted by atomic mass is 10.2. The van der Waals surface area contributed by atoms with E-state index in [4.69, 9.17) is 9.15 Å². The van der Waals surface area contributed by atoms with Crippen molar-refractivity contribution < 1.29 is 13.9 Å². The summed E-state index contributed by atoms with van der Waals surface area (Å²) >= 11 is 0. The van der Waals surface area contributed by atoms with Gasteiger partial charge in [0.1, 0.15) is 5.75 Å². The molecule has 0 spiro atoms. The summed E-state index contributed by atoms with van der Waals surface area (Å²) < 4.78 is 10.3. The molecule has 0 atom stereocenters. The van der Waals surface area contributed by atoms with Gasteiger partial charge in [-0.2, -0.15) is 0 Å². The van der Waals surface area contributed by atoms with Gasteiger partial charge < -0.3 is 25.1 Å². The Morgan fingerprint density at radius 1 is 1.12 bits per heavy atom. The highest BCUT2D eigenvalue weighted by Crippen LogP contribution is 2.16. The Kier molecular flexibility index (Phi) is 6.70. The number of carbonyl (C=O) groups is 1. The standard InChI is InChI=1S/C17H22N4O3/c1-18-17(21-12-13-6-3-4-7-14(13)23-2)20-10-9-19-16(22)15-8-5-11-24-15/h3-8,11H,9-10,12H2,1-2H3,(H,19,22)(H2,18,20,21). The zero-order valence-corrected chi connectivity index (χ0v) is 13.8. The Morgan fingerprint density at radius 3 is 2.62 bits per heavy atom. The van der Waals surface area contributed by atoms with Crippen LogP contribution in [0, 0.1) is 0 Å². The van der Waals surface area contributed by atoms with Crippen molar-refractivity contribution in [2.45, 2.75) is 6.54 Å². The lowest BCUT2D eigenvalue weighted by Gasteiger charge is -2.13. The van der Waals surface area contributed by atoms with Crippen molar-refractivity contribution in [3.05, 3.63) is 54.0 Å². The summed E-state index contributed by atoms with van der Waals surface area (Å²) in [6, 6.07) is 11.1. The molecule has 128 valence electrons. The smallest absolute Gasteiger partial charge is 0.287 e. The highest BCUT2D eigenvalue weighted by Gasteiger charge is 2.07. The molecule has 0 aliphatic heterocycles. The second-order valence-electron chi connectivity index (χ2n) is 4.90. The Balaban J connectivity index is 1.72. The number of para-hydroxylation sites is 1. The summed E-state index contributed by atoms with van der Waals surface area (Å²) in [7, 11) is 3.34. The lowest BCUT2D eigenvalue weighted by molar-refractivity contribution is 0.0926. The van der Waals surface area contributed by atoms with Crippen LogP contribution < -0.4 is 20.7 Å². The molecule has 0 aliphatic rings. The van der Waals surface area contributed by atoms with Crippen molar-refractivity contribution in [2.24, 2.45) is 4.99 Å². The molecule has 24 heavy (non-hydrogen) atoms. The van der Waals surface area contributed by atoms with Crippen LogP contribution in [-0.2, 0) is 6.54 Å². The van der Waals surface area contributed by atoms with Gasteiger partial charge in [0.2, 0.25) is 0 Å². The van der Waals surface area contributed by atoms with Crippen LogP contribution in [0.2, 0.25) is 0 Å². The molecular formula is C17H22N4O3. The Bertz CT molecular complexity index is 668. The molecule has 1 aromatic carbocycles. The van der Waals surface area contributed by atoms with Gasteiger partial charge in [-0.3, -0.25) is 9.79 Å². The van der Waals surface area contributed by atoms with Crippen LogP contribution in [0.3, 0.4) is 0 Å². The molecule has 0 fully saturated rings. The van der Waals surface area contributed by atoms with Gasteiger partial charge >= 0.3 is 0 Å². The van der Waals surface area contributed by atoms with Gasteiger partial charge in [0.25, 0.3) is 5.91 Å². The average molecular weight is 330 g/mol. The number of carbonyl (C=O) groups excluding carboxylic acids is 1.